The van der Waals surface area contributed by atoms with E-state index in [0.29, 0.717) is 19.3 Å². The van der Waals surface area contributed by atoms with E-state index < -0.39 is 6.10 Å². The lowest BCUT2D eigenvalue weighted by atomic mass is 10.0. The molecular weight excluding hydrogens is 745 g/mol. The molecule has 1 unspecified atom stereocenters. The van der Waals surface area contributed by atoms with Crippen LogP contribution in [0.3, 0.4) is 0 Å². The van der Waals surface area contributed by atoms with Crippen LogP contribution in [0.2, 0.25) is 0 Å². The Kier molecular flexibility index (Phi) is 47.8. The lowest BCUT2D eigenvalue weighted by Crippen LogP contribution is -2.30. The van der Waals surface area contributed by atoms with Gasteiger partial charge in [-0.3, -0.25) is 14.4 Å². The van der Waals surface area contributed by atoms with Gasteiger partial charge in [0.05, 0.1) is 0 Å². The van der Waals surface area contributed by atoms with E-state index in [1.54, 1.807) is 0 Å². The van der Waals surface area contributed by atoms with Crippen molar-refractivity contribution in [2.45, 2.75) is 290 Å². The molecule has 0 heterocycles. The normalized spacial score (nSPS) is 12.1. The van der Waals surface area contributed by atoms with Crippen LogP contribution in [0, 0.1) is 0 Å². The maximum atomic E-state index is 12.8. The van der Waals surface area contributed by atoms with Crippen molar-refractivity contribution in [3.05, 3.63) is 24.3 Å². The minimum absolute atomic E-state index is 0.0736. The smallest absolute Gasteiger partial charge is 0.306 e. The molecule has 352 valence electrons. The van der Waals surface area contributed by atoms with Crippen molar-refractivity contribution >= 4 is 17.9 Å². The zero-order chi connectivity index (χ0) is 43.7. The number of hydrogen-bond acceptors (Lipinski definition) is 6. The van der Waals surface area contributed by atoms with Crippen LogP contribution < -0.4 is 0 Å². The third-order valence-corrected chi connectivity index (χ3v) is 11.7. The number of esters is 3. The summed E-state index contributed by atoms with van der Waals surface area (Å²) in [6.07, 6.45) is 56.0. The van der Waals surface area contributed by atoms with Gasteiger partial charge in [0.25, 0.3) is 0 Å². The molecule has 60 heavy (non-hydrogen) atoms. The average Bonchev–Trinajstić information content (AvgIpc) is 3.24. The second-order valence-electron chi connectivity index (χ2n) is 17.8. The Morgan fingerprint density at radius 3 is 0.900 bits per heavy atom. The summed E-state index contributed by atoms with van der Waals surface area (Å²) in [5.74, 6) is -0.881. The number of ether oxygens (including phenoxy) is 3. The summed E-state index contributed by atoms with van der Waals surface area (Å²) in [6, 6.07) is 0. The Morgan fingerprint density at radius 2 is 0.583 bits per heavy atom. The summed E-state index contributed by atoms with van der Waals surface area (Å²) in [7, 11) is 0. The number of carbonyl (C=O) groups excluding carboxylic acids is 3. The van der Waals surface area contributed by atoms with Crippen molar-refractivity contribution in [1.29, 1.82) is 0 Å². The third kappa shape index (κ3) is 46.9. The zero-order valence-electron chi connectivity index (χ0n) is 40.2. The highest BCUT2D eigenvalue weighted by Crippen LogP contribution is 2.16. The van der Waals surface area contributed by atoms with E-state index in [1.165, 1.54) is 167 Å². The monoisotopic (exact) mass is 845 g/mol. The number of carbonyl (C=O) groups is 3. The van der Waals surface area contributed by atoms with Crippen LogP contribution in [0.15, 0.2) is 24.3 Å². The van der Waals surface area contributed by atoms with Gasteiger partial charge in [-0.2, -0.15) is 0 Å². The Hall–Kier alpha value is -2.11. The van der Waals surface area contributed by atoms with Crippen molar-refractivity contribution in [1.82, 2.24) is 0 Å². The van der Waals surface area contributed by atoms with E-state index in [9.17, 15) is 14.4 Å². The number of hydrogen-bond donors (Lipinski definition) is 0. The molecule has 0 N–H and O–H groups in total. The number of unbranched alkanes of at least 4 members (excludes halogenated alkanes) is 33. The highest BCUT2D eigenvalue weighted by molar-refractivity contribution is 5.71. The second-order valence-corrected chi connectivity index (χ2v) is 17.8. The first kappa shape index (κ1) is 57.9. The Labute approximate surface area is 373 Å². The summed E-state index contributed by atoms with van der Waals surface area (Å²) in [6.45, 7) is 6.58. The molecule has 0 aromatic rings. The predicted octanol–water partition coefficient (Wildman–Crippen LogP) is 17.2. The Morgan fingerprint density at radius 1 is 0.317 bits per heavy atom. The van der Waals surface area contributed by atoms with Gasteiger partial charge >= 0.3 is 17.9 Å². The molecule has 0 aliphatic carbocycles. The molecule has 0 bridgehead atoms. The number of allylic oxidation sites excluding steroid dienone is 4. The van der Waals surface area contributed by atoms with Gasteiger partial charge in [-0.15, -0.1) is 0 Å². The van der Waals surface area contributed by atoms with Crippen molar-refractivity contribution in [2.24, 2.45) is 0 Å². The first-order chi connectivity index (χ1) is 29.5. The molecular formula is C54H100O6. The van der Waals surface area contributed by atoms with Crippen molar-refractivity contribution in [3.63, 3.8) is 0 Å². The van der Waals surface area contributed by atoms with Crippen LogP contribution in [-0.2, 0) is 28.6 Å². The summed E-state index contributed by atoms with van der Waals surface area (Å²) in [5.41, 5.74) is 0. The maximum Gasteiger partial charge on any atom is 0.306 e. The summed E-state index contributed by atoms with van der Waals surface area (Å²) < 4.78 is 16.8. The molecule has 0 saturated carbocycles. The van der Waals surface area contributed by atoms with E-state index in [0.717, 1.165) is 77.0 Å². The topological polar surface area (TPSA) is 78.9 Å². The molecule has 0 radical (unpaired) electrons. The third-order valence-electron chi connectivity index (χ3n) is 11.7. The van der Waals surface area contributed by atoms with Gasteiger partial charge in [-0.1, -0.05) is 225 Å². The van der Waals surface area contributed by atoms with Gasteiger partial charge in [0.2, 0.25) is 0 Å². The molecule has 0 rings (SSSR count). The van der Waals surface area contributed by atoms with Crippen LogP contribution in [0.1, 0.15) is 284 Å². The van der Waals surface area contributed by atoms with Gasteiger partial charge < -0.3 is 14.2 Å². The zero-order valence-corrected chi connectivity index (χ0v) is 40.2. The fourth-order valence-electron chi connectivity index (χ4n) is 7.68. The summed E-state index contributed by atoms with van der Waals surface area (Å²) in [4.78, 5) is 37.9. The molecule has 0 amide bonds. The fraction of sp³-hybridized carbons (Fsp3) is 0.870. The van der Waals surface area contributed by atoms with Crippen molar-refractivity contribution in [2.75, 3.05) is 13.2 Å². The van der Waals surface area contributed by atoms with Gasteiger partial charge in [-0.25, -0.2) is 0 Å². The Bertz CT molecular complexity index is 973. The van der Waals surface area contributed by atoms with Crippen LogP contribution in [0.4, 0.5) is 0 Å². The molecule has 0 aromatic carbocycles. The van der Waals surface area contributed by atoms with E-state index in [-0.39, 0.29) is 31.1 Å². The molecule has 0 saturated heterocycles. The second kappa shape index (κ2) is 49.5. The molecule has 0 aliphatic heterocycles. The summed E-state index contributed by atoms with van der Waals surface area (Å²) in [5, 5.41) is 0. The quantitative estimate of drug-likeness (QED) is 0.0263. The molecule has 6 heteroatoms. The highest BCUT2D eigenvalue weighted by atomic mass is 16.6. The lowest BCUT2D eigenvalue weighted by molar-refractivity contribution is -0.167. The fourth-order valence-corrected chi connectivity index (χ4v) is 7.68. The van der Waals surface area contributed by atoms with Crippen LogP contribution in [-0.4, -0.2) is 37.2 Å². The lowest BCUT2D eigenvalue weighted by Gasteiger charge is -2.18. The van der Waals surface area contributed by atoms with Gasteiger partial charge in [0, 0.05) is 19.3 Å². The van der Waals surface area contributed by atoms with Crippen LogP contribution >= 0.6 is 0 Å². The summed E-state index contributed by atoms with van der Waals surface area (Å²) >= 11 is 0. The van der Waals surface area contributed by atoms with E-state index in [4.69, 9.17) is 14.2 Å². The van der Waals surface area contributed by atoms with Crippen LogP contribution in [0.5, 0.6) is 0 Å². The molecule has 0 spiro atoms. The van der Waals surface area contributed by atoms with Crippen molar-refractivity contribution < 1.29 is 28.6 Å². The van der Waals surface area contributed by atoms with Gasteiger partial charge in [0.1, 0.15) is 13.2 Å². The largest absolute Gasteiger partial charge is 0.462 e. The molecule has 6 nitrogen and oxygen atoms in total. The van der Waals surface area contributed by atoms with E-state index in [2.05, 4.69) is 45.1 Å². The van der Waals surface area contributed by atoms with E-state index in [1.807, 2.05) is 0 Å². The van der Waals surface area contributed by atoms with Crippen LogP contribution in [0.25, 0.3) is 0 Å². The molecule has 0 fully saturated rings. The highest BCUT2D eigenvalue weighted by Gasteiger charge is 2.19. The maximum absolute atomic E-state index is 12.8. The first-order valence-corrected chi connectivity index (χ1v) is 26.3. The van der Waals surface area contributed by atoms with Gasteiger partial charge in [0.15, 0.2) is 6.10 Å². The van der Waals surface area contributed by atoms with Gasteiger partial charge in [-0.05, 0) is 64.2 Å². The number of rotatable bonds is 48. The minimum atomic E-state index is -0.773. The molecule has 1 atom stereocenters. The minimum Gasteiger partial charge on any atom is -0.462 e. The SMILES string of the molecule is CCC/C=C\CCCCCCCC(=O)OCC(COC(=O)CCCCCCCCCCCCCCCCCCCC)OC(=O)CCCCCCC/C=C\CCCCCCC. The average molecular weight is 845 g/mol. The molecule has 0 aromatic heterocycles. The molecule has 0 aliphatic rings. The standard InChI is InChI=1S/C54H100O6/c1-4-7-10-13-16-19-22-24-26-27-28-29-31-32-35-38-41-44-47-53(56)59-50-51(49-58-52(55)46-43-40-37-34-21-18-15-12-9-6-3)60-54(57)48-45-42-39-36-33-30-25-23-20-17-14-11-8-5-2/h12,15,23,25,51H,4-11,13-14,16-22,24,26-50H2,1-3H3/b15-12-,25-23-. The van der Waals surface area contributed by atoms with Crippen molar-refractivity contribution in [3.8, 4) is 0 Å². The van der Waals surface area contributed by atoms with E-state index >= 15 is 0 Å². The Balaban J connectivity index is 4.29. The first-order valence-electron chi connectivity index (χ1n) is 26.3. The predicted molar refractivity (Wildman–Crippen MR) is 256 cm³/mol.